The maximum Gasteiger partial charge on any atom is 0.186 e. The highest BCUT2D eigenvalue weighted by molar-refractivity contribution is 6.22. The molecule has 5 N–H and O–H groups in total. The van der Waals surface area contributed by atoms with Crippen molar-refractivity contribution in [2.24, 2.45) is 5.92 Å². The number of benzene rings is 1. The summed E-state index contributed by atoms with van der Waals surface area (Å²) in [4.78, 5) is 13.1. The van der Waals surface area contributed by atoms with Gasteiger partial charge in [-0.3, -0.25) is 4.79 Å². The fraction of sp³-hybridized carbons (Fsp3) is 0.591. The van der Waals surface area contributed by atoms with Gasteiger partial charge in [-0.1, -0.05) is 6.07 Å². The topological polar surface area (TPSA) is 155 Å². The molecule has 8 atom stereocenters. The maximum absolute atomic E-state index is 13.1. The van der Waals surface area contributed by atoms with E-state index in [2.05, 4.69) is 0 Å². The molecule has 10 heteroatoms. The minimum Gasteiger partial charge on any atom is -0.504 e. The number of ether oxygens (including phenoxy) is 4. The van der Waals surface area contributed by atoms with Crippen molar-refractivity contribution in [3.05, 3.63) is 30.0 Å². The predicted molar refractivity (Wildman–Crippen MR) is 108 cm³/mol. The molecule has 0 spiro atoms. The molecule has 32 heavy (non-hydrogen) atoms. The van der Waals surface area contributed by atoms with Crippen LogP contribution < -0.4 is 4.74 Å². The van der Waals surface area contributed by atoms with E-state index < -0.39 is 49.5 Å². The van der Waals surface area contributed by atoms with Gasteiger partial charge in [-0.25, -0.2) is 0 Å². The van der Waals surface area contributed by atoms with Crippen molar-refractivity contribution in [3.63, 3.8) is 0 Å². The Balaban J connectivity index is 1.43. The summed E-state index contributed by atoms with van der Waals surface area (Å²) in [5, 5.41) is 49.1. The van der Waals surface area contributed by atoms with Gasteiger partial charge >= 0.3 is 0 Å². The number of aliphatic hydroxyl groups excluding tert-OH is 4. The molecular weight excluding hydrogens is 424 g/mol. The lowest BCUT2D eigenvalue weighted by Gasteiger charge is -2.43. The van der Waals surface area contributed by atoms with E-state index >= 15 is 0 Å². The normalized spacial score (nSPS) is 37.3. The molecule has 1 aromatic rings. The van der Waals surface area contributed by atoms with Gasteiger partial charge in [0.25, 0.3) is 0 Å². The molecule has 3 unspecified atom stereocenters. The Hall–Kier alpha value is -2.21. The molecule has 1 saturated carbocycles. The Bertz CT molecular complexity index is 868. The molecule has 10 nitrogen and oxygen atoms in total. The van der Waals surface area contributed by atoms with E-state index in [-0.39, 0.29) is 23.2 Å². The zero-order chi connectivity index (χ0) is 23.0. The highest BCUT2D eigenvalue weighted by Crippen LogP contribution is 2.39. The van der Waals surface area contributed by atoms with Crippen molar-refractivity contribution in [3.8, 4) is 11.5 Å². The number of fused-ring (bicyclic) bond motifs is 1. The number of carbonyl (C=O) groups excluding carboxylic acids is 1. The molecule has 0 radical (unpaired) electrons. The molecule has 2 heterocycles. The summed E-state index contributed by atoms with van der Waals surface area (Å²) in [7, 11) is 1.43. The molecule has 0 amide bonds. The quantitative estimate of drug-likeness (QED) is 0.402. The van der Waals surface area contributed by atoms with E-state index in [1.54, 1.807) is 12.1 Å². The first-order valence-electron chi connectivity index (χ1n) is 10.6. The molecule has 176 valence electrons. The summed E-state index contributed by atoms with van der Waals surface area (Å²) in [6.45, 7) is -0.534. The van der Waals surface area contributed by atoms with Gasteiger partial charge in [0.15, 0.2) is 23.6 Å². The van der Waals surface area contributed by atoms with Crippen LogP contribution in [0.1, 0.15) is 24.8 Å². The van der Waals surface area contributed by atoms with E-state index in [1.807, 2.05) is 0 Å². The van der Waals surface area contributed by atoms with E-state index in [4.69, 9.17) is 18.9 Å². The standard InChI is InChI=1S/C22H28O10/c1-29-16-6-10(2-5-14(16)24)13-9-30-15-7-11(3-4-12(15)18(13)25)31-22-21(28)20(27)19(26)17(8-23)32-22/h2,5-6,9,11-12,15,17,19-24,26-28H,3-4,7-8H2,1H3/t11?,12?,15?,17-,19-,20+,21-,22-/m1/s1. The van der Waals surface area contributed by atoms with Gasteiger partial charge in [0.05, 0.1) is 37.6 Å². The number of phenolic OH excluding ortho intramolecular Hbond substituents is 1. The highest BCUT2D eigenvalue weighted by Gasteiger charge is 2.47. The van der Waals surface area contributed by atoms with Gasteiger partial charge in [-0.05, 0) is 30.5 Å². The first-order valence-corrected chi connectivity index (χ1v) is 10.6. The number of hydrogen-bond acceptors (Lipinski definition) is 10. The van der Waals surface area contributed by atoms with Crippen LogP contribution in [-0.4, -0.2) is 87.9 Å². The second kappa shape index (κ2) is 9.34. The minimum atomic E-state index is -1.51. The number of Topliss-reactive ketones (excluding diaryl/α,β-unsaturated/α-hetero) is 1. The Morgan fingerprint density at radius 2 is 1.91 bits per heavy atom. The van der Waals surface area contributed by atoms with Crippen LogP contribution in [0.2, 0.25) is 0 Å². The Morgan fingerprint density at radius 1 is 1.12 bits per heavy atom. The molecule has 0 aromatic heterocycles. The van der Waals surface area contributed by atoms with Crippen LogP contribution in [0.25, 0.3) is 5.57 Å². The molecule has 2 fully saturated rings. The van der Waals surface area contributed by atoms with Crippen LogP contribution in [0.5, 0.6) is 11.5 Å². The summed E-state index contributed by atoms with van der Waals surface area (Å²) >= 11 is 0. The lowest BCUT2D eigenvalue weighted by molar-refractivity contribution is -0.314. The largest absolute Gasteiger partial charge is 0.504 e. The third-order valence-electron chi connectivity index (χ3n) is 6.37. The van der Waals surface area contributed by atoms with Crippen LogP contribution in [0.4, 0.5) is 0 Å². The summed E-state index contributed by atoms with van der Waals surface area (Å²) in [5.74, 6) is -0.204. The summed E-state index contributed by atoms with van der Waals surface area (Å²) < 4.78 is 22.2. The smallest absolute Gasteiger partial charge is 0.186 e. The van der Waals surface area contributed by atoms with Gasteiger partial charge in [0, 0.05) is 6.42 Å². The fourth-order valence-corrected chi connectivity index (χ4v) is 4.50. The Kier molecular flexibility index (Phi) is 6.70. The van der Waals surface area contributed by atoms with Crippen LogP contribution in [-0.2, 0) is 19.0 Å². The first-order chi connectivity index (χ1) is 15.3. The SMILES string of the molecule is COc1cc(C2=COC3CC(O[C@@H]4O[C@H](CO)[C@@H](O)[C@H](O)[C@H]4O)CCC3C2=O)ccc1O. The third-order valence-corrected chi connectivity index (χ3v) is 6.37. The number of carbonyl (C=O) groups is 1. The van der Waals surface area contributed by atoms with Gasteiger partial charge in [0.2, 0.25) is 0 Å². The number of aliphatic hydroxyl groups is 4. The van der Waals surface area contributed by atoms with E-state index in [1.165, 1.54) is 19.4 Å². The summed E-state index contributed by atoms with van der Waals surface area (Å²) in [6.07, 6.45) is -4.78. The van der Waals surface area contributed by atoms with Crippen LogP contribution >= 0.6 is 0 Å². The van der Waals surface area contributed by atoms with Crippen LogP contribution in [0.3, 0.4) is 0 Å². The van der Waals surface area contributed by atoms with E-state index in [0.29, 0.717) is 30.4 Å². The van der Waals surface area contributed by atoms with Gasteiger partial charge in [-0.15, -0.1) is 0 Å². The van der Waals surface area contributed by atoms with E-state index in [0.717, 1.165) is 0 Å². The Morgan fingerprint density at radius 3 is 2.62 bits per heavy atom. The van der Waals surface area contributed by atoms with E-state index in [9.17, 15) is 30.3 Å². The average Bonchev–Trinajstić information content (AvgIpc) is 2.80. The zero-order valence-corrected chi connectivity index (χ0v) is 17.5. The number of methoxy groups -OCH3 is 1. The summed E-state index contributed by atoms with van der Waals surface area (Å²) in [6, 6.07) is 4.66. The molecule has 3 aliphatic rings. The third kappa shape index (κ3) is 4.21. The number of hydrogen-bond donors (Lipinski definition) is 5. The highest BCUT2D eigenvalue weighted by atomic mass is 16.7. The summed E-state index contributed by atoms with van der Waals surface area (Å²) in [5.41, 5.74) is 0.987. The number of rotatable bonds is 5. The van der Waals surface area contributed by atoms with Gasteiger partial charge in [0.1, 0.15) is 30.5 Å². The molecule has 2 aliphatic heterocycles. The second-order valence-electron chi connectivity index (χ2n) is 8.33. The molecular formula is C22H28O10. The maximum atomic E-state index is 13.1. The number of phenols is 1. The fourth-order valence-electron chi connectivity index (χ4n) is 4.50. The average molecular weight is 452 g/mol. The zero-order valence-electron chi connectivity index (χ0n) is 17.5. The Labute approximate surface area is 184 Å². The second-order valence-corrected chi connectivity index (χ2v) is 8.33. The van der Waals surface area contributed by atoms with Crippen LogP contribution in [0, 0.1) is 5.92 Å². The molecule has 1 aromatic carbocycles. The van der Waals surface area contributed by atoms with Gasteiger partial charge < -0.3 is 44.5 Å². The molecule has 0 bridgehead atoms. The van der Waals surface area contributed by atoms with Crippen molar-refractivity contribution < 1.29 is 49.3 Å². The minimum absolute atomic E-state index is 0.0234. The monoisotopic (exact) mass is 452 g/mol. The first kappa shape index (κ1) is 23.0. The van der Waals surface area contributed by atoms with Crippen molar-refractivity contribution in [1.82, 2.24) is 0 Å². The molecule has 4 rings (SSSR count). The van der Waals surface area contributed by atoms with Crippen molar-refractivity contribution in [2.75, 3.05) is 13.7 Å². The van der Waals surface area contributed by atoms with Crippen molar-refractivity contribution >= 4 is 11.4 Å². The number of aromatic hydroxyl groups is 1. The lowest BCUT2D eigenvalue weighted by atomic mass is 9.78. The van der Waals surface area contributed by atoms with Crippen LogP contribution in [0.15, 0.2) is 24.5 Å². The molecule has 1 aliphatic carbocycles. The number of ketones is 1. The number of allylic oxidation sites excluding steroid dienone is 1. The van der Waals surface area contributed by atoms with Crippen molar-refractivity contribution in [2.45, 2.75) is 62.2 Å². The van der Waals surface area contributed by atoms with Crippen molar-refractivity contribution in [1.29, 1.82) is 0 Å². The predicted octanol–water partition coefficient (Wildman–Crippen LogP) is -0.305. The lowest BCUT2D eigenvalue weighted by Crippen LogP contribution is -2.60. The van der Waals surface area contributed by atoms with Gasteiger partial charge in [-0.2, -0.15) is 0 Å². The molecule has 1 saturated heterocycles.